The lowest BCUT2D eigenvalue weighted by Gasteiger charge is -2.21. The minimum Gasteiger partial charge on any atom is -0.508 e. The average molecular weight is 358 g/mol. The lowest BCUT2D eigenvalue weighted by atomic mass is 10.2. The largest absolute Gasteiger partial charge is 0.508 e. The second-order valence-corrected chi connectivity index (χ2v) is 5.59. The van der Waals surface area contributed by atoms with Gasteiger partial charge in [0.05, 0.1) is 18.4 Å². The summed E-state index contributed by atoms with van der Waals surface area (Å²) in [6.45, 7) is 0. The summed E-state index contributed by atoms with van der Waals surface area (Å²) in [7, 11) is 0. The van der Waals surface area contributed by atoms with Crippen LogP contribution in [0, 0.1) is 0 Å². The Morgan fingerprint density at radius 3 is 3.08 bits per heavy atom. The highest BCUT2D eigenvalue weighted by molar-refractivity contribution is 6.31. The van der Waals surface area contributed by atoms with E-state index >= 15 is 0 Å². The number of aromatic nitrogens is 3. The normalized spacial score (nSPS) is 16.6. The molecule has 4 rings (SSSR count). The van der Waals surface area contributed by atoms with Gasteiger partial charge in [0.1, 0.15) is 12.1 Å². The maximum absolute atomic E-state index is 12.8. The zero-order valence-electron chi connectivity index (χ0n) is 16.5. The van der Waals surface area contributed by atoms with E-state index in [4.69, 9.17) is 17.2 Å². The van der Waals surface area contributed by atoms with Crippen molar-refractivity contribution in [1.29, 1.82) is 1.43 Å². The van der Waals surface area contributed by atoms with Crippen LogP contribution in [0.25, 0.3) is 11.4 Å². The van der Waals surface area contributed by atoms with Gasteiger partial charge < -0.3 is 15.7 Å². The van der Waals surface area contributed by atoms with E-state index in [0.29, 0.717) is 21.7 Å². The predicted molar refractivity (Wildman–Crippen MR) is 94.7 cm³/mol. The summed E-state index contributed by atoms with van der Waals surface area (Å²) in [6, 6.07) is 9.89. The number of phenolic OH excluding ortho intramolecular Hbond substituents is 1. The molecular weight excluding hydrogens is 342 g/mol. The summed E-state index contributed by atoms with van der Waals surface area (Å²) in [5, 5.41) is 13.9. The maximum atomic E-state index is 12.8. The van der Waals surface area contributed by atoms with Crippen LogP contribution in [0.4, 0.5) is 11.4 Å². The Hall–Kier alpha value is -3.32. The van der Waals surface area contributed by atoms with Crippen molar-refractivity contribution in [3.63, 3.8) is 0 Å². The fraction of sp³-hybridized carbons (Fsp3) is 0. The minimum absolute atomic E-state index is 0.125. The van der Waals surface area contributed by atoms with Gasteiger partial charge in [-0.2, -0.15) is 0 Å². The Balaban J connectivity index is 1.78. The van der Waals surface area contributed by atoms with Crippen LogP contribution in [-0.4, -0.2) is 27.2 Å². The van der Waals surface area contributed by atoms with Crippen molar-refractivity contribution in [2.75, 3.05) is 10.6 Å². The van der Waals surface area contributed by atoms with E-state index < -0.39 is 12.0 Å². The molecule has 1 aromatic heterocycles. The molecule has 124 valence electrons. The van der Waals surface area contributed by atoms with Gasteiger partial charge in [-0.25, -0.2) is 0 Å². The molecule has 0 bridgehead atoms. The zero-order valence-corrected chi connectivity index (χ0v) is 13.3. The second-order valence-electron chi connectivity index (χ2n) is 5.15. The monoisotopic (exact) mass is 357 g/mol. The Bertz CT molecular complexity index is 1140. The number of benzene rings is 2. The summed E-state index contributed by atoms with van der Waals surface area (Å²) in [5.74, 6) is -0.610. The number of amides is 1. The number of fused-ring (bicyclic) bond motifs is 3. The van der Waals surface area contributed by atoms with Crippen LogP contribution >= 0.6 is 11.6 Å². The van der Waals surface area contributed by atoms with Crippen molar-refractivity contribution in [3.8, 4) is 11.4 Å². The highest BCUT2D eigenvalue weighted by Gasteiger charge is 2.22. The quantitative estimate of drug-likeness (QED) is 0.495. The molecule has 3 aromatic rings. The summed E-state index contributed by atoms with van der Waals surface area (Å²) >= 11 is 6.05. The summed E-state index contributed by atoms with van der Waals surface area (Å²) < 4.78 is 33.3. The van der Waals surface area contributed by atoms with Crippen LogP contribution in [0.2, 0.25) is 7.85 Å². The van der Waals surface area contributed by atoms with Gasteiger partial charge in [-0.05, 0) is 42.5 Å². The average Bonchev–Trinajstić information content (AvgIpc) is 3.22. The number of nitrogens with one attached hydrogen (secondary N) is 2. The van der Waals surface area contributed by atoms with Crippen molar-refractivity contribution >= 4 is 34.6 Å². The van der Waals surface area contributed by atoms with Gasteiger partial charge in [-0.15, -0.1) is 10.2 Å². The molecule has 25 heavy (non-hydrogen) atoms. The van der Waals surface area contributed by atoms with E-state index in [9.17, 15) is 4.79 Å². The standard InChI is InChI=1S/C17H12ClN5O2/c18-10-1-6-15-13(7-10)21-14(17-22-19-9-23(15)17)8-16(25)20-11-2-4-12(24)5-3-11/h1-9,21,24H,(H,20,25)/b14-8-/i8D/hD3. The number of carbonyl (C=O) groups excluding carboxylic acids is 1. The summed E-state index contributed by atoms with van der Waals surface area (Å²) in [4.78, 5) is 12.8. The van der Waals surface area contributed by atoms with E-state index in [1.807, 2.05) is 0 Å². The van der Waals surface area contributed by atoms with E-state index in [-0.39, 0.29) is 23.0 Å². The fourth-order valence-electron chi connectivity index (χ4n) is 2.38. The molecular formula is C17H12ClN5O2. The molecule has 0 saturated carbocycles. The third-order valence-electron chi connectivity index (χ3n) is 3.48. The molecule has 0 spiro atoms. The number of anilines is 2. The van der Waals surface area contributed by atoms with Crippen molar-refractivity contribution in [3.05, 3.63) is 65.7 Å². The summed E-state index contributed by atoms with van der Waals surface area (Å²) in [6.07, 6.45) is 1.41. The van der Waals surface area contributed by atoms with Crippen molar-refractivity contribution < 1.29 is 14.1 Å². The molecule has 2 heterocycles. The molecule has 0 radical (unpaired) electrons. The van der Waals surface area contributed by atoms with Crippen LogP contribution in [0.5, 0.6) is 5.75 Å². The second kappa shape index (κ2) is 5.95. The van der Waals surface area contributed by atoms with Crippen LogP contribution in [0.15, 0.2) is 54.8 Å². The molecule has 2 aromatic carbocycles. The fourth-order valence-corrected chi connectivity index (χ4v) is 2.55. The first-order chi connectivity index (χ1) is 13.9. The minimum atomic E-state index is -0.975. The van der Waals surface area contributed by atoms with Crippen molar-refractivity contribution in [1.82, 2.24) is 14.8 Å². The Kier molecular flexibility index (Phi) is 2.68. The third kappa shape index (κ3) is 2.92. The van der Waals surface area contributed by atoms with Gasteiger partial charge in [0.25, 0.3) is 7.34 Å². The Morgan fingerprint density at radius 1 is 1.44 bits per heavy atom. The predicted octanol–water partition coefficient (Wildman–Crippen LogP) is 3.03. The van der Waals surface area contributed by atoms with Gasteiger partial charge in [0.15, 0.2) is 8.65 Å². The van der Waals surface area contributed by atoms with Gasteiger partial charge >= 0.3 is 0 Å². The highest BCUT2D eigenvalue weighted by Crippen LogP contribution is 2.33. The van der Waals surface area contributed by atoms with Gasteiger partial charge in [0, 0.05) is 16.8 Å². The van der Waals surface area contributed by atoms with Crippen molar-refractivity contribution in [2.24, 2.45) is 0 Å². The van der Waals surface area contributed by atoms with Crippen LogP contribution in [-0.2, 0) is 4.79 Å². The molecule has 0 saturated heterocycles. The zero-order chi connectivity index (χ0) is 20.7. The lowest BCUT2D eigenvalue weighted by molar-refractivity contribution is -0.111. The number of hydrogen-bond acceptors (Lipinski definition) is 5. The third-order valence-corrected chi connectivity index (χ3v) is 3.72. The van der Waals surface area contributed by atoms with E-state index in [0.717, 1.165) is 5.31 Å². The number of halogens is 1. The maximum Gasteiger partial charge on any atom is 0.293 e. The highest BCUT2D eigenvalue weighted by atomic mass is 35.5. The number of rotatable bonds is 3. The SMILES string of the molecule is [2H]Oc1ccc(N([2H])C(=O)/C([2H])=C2/c3nncn3-c3ccc(Cl)cc3N2[2H])cc1. The molecule has 7 nitrogen and oxygen atoms in total. The van der Waals surface area contributed by atoms with Gasteiger partial charge in [0.2, 0.25) is 0 Å². The van der Waals surface area contributed by atoms with Crippen LogP contribution < -0.4 is 10.6 Å². The molecule has 0 fully saturated rings. The smallest absolute Gasteiger partial charge is 0.293 e. The van der Waals surface area contributed by atoms with E-state index in [1.165, 1.54) is 36.7 Å². The van der Waals surface area contributed by atoms with Gasteiger partial charge in [-0.3, -0.25) is 9.36 Å². The number of aromatic hydroxyl groups is 1. The molecule has 8 heteroatoms. The number of hydrogen-bond donors (Lipinski definition) is 3. The Morgan fingerprint density at radius 2 is 2.28 bits per heavy atom. The molecule has 1 aliphatic heterocycles. The van der Waals surface area contributed by atoms with Crippen molar-refractivity contribution in [2.45, 2.75) is 0 Å². The molecule has 0 aliphatic carbocycles. The first-order valence-corrected chi connectivity index (χ1v) is 7.57. The first-order valence-electron chi connectivity index (χ1n) is 8.99. The number of phenols is 1. The van der Waals surface area contributed by atoms with Crippen LogP contribution in [0.3, 0.4) is 0 Å². The van der Waals surface area contributed by atoms with Crippen LogP contribution in [0.1, 0.15) is 7.20 Å². The van der Waals surface area contributed by atoms with Gasteiger partial charge in [-0.1, -0.05) is 11.6 Å². The molecule has 0 unspecified atom stereocenters. The molecule has 0 atom stereocenters. The first kappa shape index (κ1) is 11.3. The lowest BCUT2D eigenvalue weighted by Crippen LogP contribution is -2.17. The topological polar surface area (TPSA) is 92.1 Å². The number of nitrogens with zero attached hydrogens (tertiary/aromatic N) is 3. The molecule has 1 aliphatic rings. The van der Waals surface area contributed by atoms with E-state index in [2.05, 4.69) is 15.3 Å². The van der Waals surface area contributed by atoms with E-state index in [1.54, 1.807) is 16.7 Å². The Labute approximate surface area is 153 Å². The molecule has 1 amide bonds. The number of carbonyl (C=O) groups is 1. The summed E-state index contributed by atoms with van der Waals surface area (Å²) in [5.41, 5.74) is 0.942. The molecule has 3 N–H and O–H groups in total.